The number of thiocarbonyl (C=S) groups is 1. The highest BCUT2D eigenvalue weighted by Gasteiger charge is 2.19. The highest BCUT2D eigenvalue weighted by molar-refractivity contribution is 7.80. The Balaban J connectivity index is 1.97. The fourth-order valence-electron chi connectivity index (χ4n) is 2.44. The normalized spacial score (nSPS) is 12.2. The monoisotopic (exact) mass is 334 g/mol. The van der Waals surface area contributed by atoms with Crippen LogP contribution in [0.4, 0.5) is 5.69 Å². The van der Waals surface area contributed by atoms with Crippen molar-refractivity contribution in [1.29, 1.82) is 0 Å². The predicted molar refractivity (Wildman–Crippen MR) is 100 cm³/mol. The van der Waals surface area contributed by atoms with Gasteiger partial charge in [0, 0.05) is 5.69 Å². The molecule has 0 saturated carbocycles. The molecule has 1 aromatic heterocycles. The number of nitrogens with one attached hydrogen (secondary N) is 3. The van der Waals surface area contributed by atoms with Gasteiger partial charge in [-0.3, -0.25) is 0 Å². The Bertz CT molecular complexity index is 601. The maximum Gasteiger partial charge on any atom is 0.171 e. The molecule has 2 aromatic rings. The van der Waals surface area contributed by atoms with Crippen molar-refractivity contribution in [3.63, 3.8) is 0 Å². The molecule has 0 bridgehead atoms. The summed E-state index contributed by atoms with van der Waals surface area (Å²) in [5.41, 5.74) is 3.51. The topological polar surface area (TPSA) is 28.5 Å². The van der Waals surface area contributed by atoms with Crippen molar-refractivity contribution in [3.05, 3.63) is 51.7 Å². The molecular formula is C17H24N3S2+. The summed E-state index contributed by atoms with van der Waals surface area (Å²) < 4.78 is 0. The third kappa shape index (κ3) is 4.29. The Morgan fingerprint density at radius 3 is 2.41 bits per heavy atom. The second-order valence-corrected chi connectivity index (χ2v) is 7.13. The fraction of sp³-hybridized carbons (Fsp3) is 0.353. The van der Waals surface area contributed by atoms with E-state index in [1.165, 1.54) is 20.9 Å². The van der Waals surface area contributed by atoms with Crippen molar-refractivity contribution in [3.8, 4) is 0 Å². The van der Waals surface area contributed by atoms with E-state index < -0.39 is 0 Å². The van der Waals surface area contributed by atoms with Crippen molar-refractivity contribution >= 4 is 34.4 Å². The molecule has 2 rings (SSSR count). The van der Waals surface area contributed by atoms with Crippen LogP contribution < -0.4 is 15.5 Å². The summed E-state index contributed by atoms with van der Waals surface area (Å²) in [6, 6.07) is 10.9. The summed E-state index contributed by atoms with van der Waals surface area (Å²) in [6.07, 6.45) is 0. The van der Waals surface area contributed by atoms with Gasteiger partial charge in [-0.05, 0) is 48.6 Å². The largest absolute Gasteiger partial charge is 0.356 e. The van der Waals surface area contributed by atoms with Crippen LogP contribution in [0.2, 0.25) is 0 Å². The van der Waals surface area contributed by atoms with E-state index in [9.17, 15) is 0 Å². The van der Waals surface area contributed by atoms with Gasteiger partial charge in [0.25, 0.3) is 0 Å². The molecular weight excluding hydrogens is 310 g/mol. The number of para-hydroxylation sites is 1. The molecule has 1 aromatic carbocycles. The predicted octanol–water partition coefficient (Wildman–Crippen LogP) is 2.54. The lowest BCUT2D eigenvalue weighted by Gasteiger charge is -2.22. The number of quaternary nitrogens is 1. The van der Waals surface area contributed by atoms with E-state index in [0.717, 1.165) is 12.2 Å². The van der Waals surface area contributed by atoms with E-state index in [0.29, 0.717) is 11.2 Å². The first-order valence-corrected chi connectivity index (χ1v) is 8.72. The van der Waals surface area contributed by atoms with E-state index in [2.05, 4.69) is 74.3 Å². The lowest BCUT2D eigenvalue weighted by atomic mass is 10.1. The van der Waals surface area contributed by atoms with E-state index in [4.69, 9.17) is 12.2 Å². The van der Waals surface area contributed by atoms with E-state index in [1.807, 2.05) is 0 Å². The molecule has 0 radical (unpaired) electrons. The first-order chi connectivity index (χ1) is 10.5. The second-order valence-electron chi connectivity index (χ2n) is 5.75. The van der Waals surface area contributed by atoms with Gasteiger partial charge >= 0.3 is 0 Å². The van der Waals surface area contributed by atoms with Crippen LogP contribution >= 0.6 is 23.6 Å². The Hall–Kier alpha value is -1.43. The zero-order chi connectivity index (χ0) is 16.1. The second kappa shape index (κ2) is 7.72. The minimum absolute atomic E-state index is 0.401. The van der Waals surface area contributed by atoms with Gasteiger partial charge in [0.2, 0.25) is 0 Å². The maximum absolute atomic E-state index is 5.46. The molecule has 0 amide bonds. The number of thiophene rings is 1. The van der Waals surface area contributed by atoms with Crippen LogP contribution in [0.25, 0.3) is 0 Å². The van der Waals surface area contributed by atoms with Crippen molar-refractivity contribution < 1.29 is 4.90 Å². The van der Waals surface area contributed by atoms with E-state index in [1.54, 1.807) is 11.3 Å². The number of hydrogen-bond acceptors (Lipinski definition) is 2. The average molecular weight is 335 g/mol. The molecule has 0 aliphatic heterocycles. The number of aryl methyl sites for hydroxylation is 2. The fourth-order valence-corrected chi connectivity index (χ4v) is 3.58. The Morgan fingerprint density at radius 1 is 1.18 bits per heavy atom. The van der Waals surface area contributed by atoms with Crippen LogP contribution in [-0.2, 0) is 0 Å². The molecule has 0 unspecified atom stereocenters. The van der Waals surface area contributed by atoms with Gasteiger partial charge < -0.3 is 15.5 Å². The molecule has 5 heteroatoms. The first kappa shape index (κ1) is 16.9. The quantitative estimate of drug-likeness (QED) is 0.734. The maximum atomic E-state index is 5.46. The minimum atomic E-state index is 0.401. The van der Waals surface area contributed by atoms with Gasteiger partial charge in [-0.1, -0.05) is 24.3 Å². The van der Waals surface area contributed by atoms with Crippen molar-refractivity contribution in [1.82, 2.24) is 5.32 Å². The summed E-state index contributed by atoms with van der Waals surface area (Å²) in [7, 11) is 4.35. The van der Waals surface area contributed by atoms with Gasteiger partial charge in [0.15, 0.2) is 5.11 Å². The summed E-state index contributed by atoms with van der Waals surface area (Å²) in [5, 5.41) is 9.50. The Labute approximate surface area is 142 Å². The molecule has 1 heterocycles. The average Bonchev–Trinajstić information content (AvgIpc) is 2.97. The van der Waals surface area contributed by atoms with Gasteiger partial charge in [-0.2, -0.15) is 0 Å². The number of rotatable bonds is 5. The zero-order valence-electron chi connectivity index (χ0n) is 13.6. The van der Waals surface area contributed by atoms with Gasteiger partial charge in [-0.25, -0.2) is 0 Å². The summed E-state index contributed by atoms with van der Waals surface area (Å²) in [4.78, 5) is 2.77. The number of benzene rings is 1. The summed E-state index contributed by atoms with van der Waals surface area (Å²) in [6.45, 7) is 5.01. The molecule has 0 fully saturated rings. The first-order valence-electron chi connectivity index (χ1n) is 7.43. The van der Waals surface area contributed by atoms with Crippen LogP contribution in [0.15, 0.2) is 35.7 Å². The third-order valence-electron chi connectivity index (χ3n) is 3.77. The highest BCUT2D eigenvalue weighted by atomic mass is 32.1. The van der Waals surface area contributed by atoms with Crippen LogP contribution in [0.1, 0.15) is 22.0 Å². The van der Waals surface area contributed by atoms with Gasteiger partial charge in [-0.15, -0.1) is 11.3 Å². The van der Waals surface area contributed by atoms with E-state index in [-0.39, 0.29) is 0 Å². The molecule has 0 saturated heterocycles. The van der Waals surface area contributed by atoms with Gasteiger partial charge in [0.1, 0.15) is 6.04 Å². The number of anilines is 1. The zero-order valence-corrected chi connectivity index (χ0v) is 15.2. The van der Waals surface area contributed by atoms with Crippen LogP contribution in [0, 0.1) is 13.8 Å². The lowest BCUT2D eigenvalue weighted by molar-refractivity contribution is -0.890. The van der Waals surface area contributed by atoms with Crippen molar-refractivity contribution in [2.45, 2.75) is 19.9 Å². The van der Waals surface area contributed by atoms with Crippen molar-refractivity contribution in [2.75, 3.05) is 26.0 Å². The number of likely N-dealkylation sites (N-methyl/N-ethyl adjacent to an activating group) is 1. The number of hydrogen-bond donors (Lipinski definition) is 3. The van der Waals surface area contributed by atoms with Crippen LogP contribution in [0.5, 0.6) is 0 Å². The lowest BCUT2D eigenvalue weighted by Crippen LogP contribution is -3.06. The molecule has 1 atom stereocenters. The summed E-state index contributed by atoms with van der Waals surface area (Å²) >= 11 is 7.26. The SMILES string of the molecule is Cc1cccc(C)c1NC(=S)NC[C@@H](c1cccs1)[NH+](C)C. The molecule has 22 heavy (non-hydrogen) atoms. The van der Waals surface area contributed by atoms with Crippen LogP contribution in [-0.4, -0.2) is 25.8 Å². The highest BCUT2D eigenvalue weighted by Crippen LogP contribution is 2.19. The standard InChI is InChI=1S/C17H23N3S2/c1-12-7-5-8-13(2)16(12)19-17(21)18-11-14(20(3)4)15-9-6-10-22-15/h5-10,14H,11H2,1-4H3,(H2,18,19,21)/p+1/t14-/m0/s1. The van der Waals surface area contributed by atoms with E-state index >= 15 is 0 Å². The molecule has 118 valence electrons. The molecule has 0 aliphatic rings. The van der Waals surface area contributed by atoms with Crippen molar-refractivity contribution in [2.24, 2.45) is 0 Å². The smallest absolute Gasteiger partial charge is 0.171 e. The Morgan fingerprint density at radius 2 is 1.86 bits per heavy atom. The third-order valence-corrected chi connectivity index (χ3v) is 5.00. The Kier molecular flexibility index (Phi) is 5.94. The molecule has 3 N–H and O–H groups in total. The molecule has 3 nitrogen and oxygen atoms in total. The molecule has 0 aliphatic carbocycles. The molecule has 0 spiro atoms. The van der Waals surface area contributed by atoms with Gasteiger partial charge in [0.05, 0.1) is 25.5 Å². The summed E-state index contributed by atoms with van der Waals surface area (Å²) in [5.74, 6) is 0. The van der Waals surface area contributed by atoms with Crippen LogP contribution in [0.3, 0.4) is 0 Å². The minimum Gasteiger partial charge on any atom is -0.356 e.